The van der Waals surface area contributed by atoms with Crippen LogP contribution >= 0.6 is 0 Å². The van der Waals surface area contributed by atoms with Crippen molar-refractivity contribution in [2.45, 2.75) is 25.3 Å². The van der Waals surface area contributed by atoms with Gasteiger partial charge in [-0.1, -0.05) is 24.3 Å². The monoisotopic (exact) mass is 271 g/mol. The van der Waals surface area contributed by atoms with E-state index in [1.807, 2.05) is 25.1 Å². The SMILES string of the molecule is Cc1cc(F)ccc1C(N)C1CCOc2ccccc21. The molecule has 0 saturated heterocycles. The number of ether oxygens (including phenoxy) is 1. The van der Waals surface area contributed by atoms with Crippen LogP contribution in [0, 0.1) is 12.7 Å². The van der Waals surface area contributed by atoms with Crippen molar-refractivity contribution in [3.63, 3.8) is 0 Å². The minimum Gasteiger partial charge on any atom is -0.493 e. The Hall–Kier alpha value is -1.87. The molecule has 0 bridgehead atoms. The highest BCUT2D eigenvalue weighted by molar-refractivity contribution is 5.41. The van der Waals surface area contributed by atoms with Crippen LogP contribution in [0.4, 0.5) is 4.39 Å². The zero-order valence-electron chi connectivity index (χ0n) is 11.5. The molecule has 0 amide bonds. The lowest BCUT2D eigenvalue weighted by Crippen LogP contribution is -2.26. The molecule has 104 valence electrons. The largest absolute Gasteiger partial charge is 0.493 e. The van der Waals surface area contributed by atoms with E-state index in [-0.39, 0.29) is 17.8 Å². The van der Waals surface area contributed by atoms with Crippen molar-refractivity contribution in [3.05, 3.63) is 65.0 Å². The summed E-state index contributed by atoms with van der Waals surface area (Å²) in [5.41, 5.74) is 9.52. The second kappa shape index (κ2) is 5.25. The number of fused-ring (bicyclic) bond motifs is 1. The van der Waals surface area contributed by atoms with Gasteiger partial charge in [0.25, 0.3) is 0 Å². The molecule has 20 heavy (non-hydrogen) atoms. The lowest BCUT2D eigenvalue weighted by atomic mass is 9.82. The molecule has 3 heteroatoms. The second-order valence-electron chi connectivity index (χ2n) is 5.31. The minimum atomic E-state index is -0.217. The summed E-state index contributed by atoms with van der Waals surface area (Å²) < 4.78 is 18.9. The summed E-state index contributed by atoms with van der Waals surface area (Å²) in [5.74, 6) is 0.911. The summed E-state index contributed by atoms with van der Waals surface area (Å²) in [6.45, 7) is 2.58. The van der Waals surface area contributed by atoms with Gasteiger partial charge in [0.1, 0.15) is 11.6 Å². The van der Waals surface area contributed by atoms with Crippen LogP contribution in [0.1, 0.15) is 35.1 Å². The first-order chi connectivity index (χ1) is 9.66. The molecule has 0 radical (unpaired) electrons. The van der Waals surface area contributed by atoms with Gasteiger partial charge in [0.2, 0.25) is 0 Å². The number of para-hydroxylation sites is 1. The van der Waals surface area contributed by atoms with E-state index in [2.05, 4.69) is 6.07 Å². The predicted molar refractivity (Wildman–Crippen MR) is 77.4 cm³/mol. The van der Waals surface area contributed by atoms with Crippen molar-refractivity contribution >= 4 is 0 Å². The molecule has 0 fully saturated rings. The van der Waals surface area contributed by atoms with E-state index >= 15 is 0 Å². The van der Waals surface area contributed by atoms with Crippen molar-refractivity contribution in [2.24, 2.45) is 5.73 Å². The Morgan fingerprint density at radius 3 is 2.85 bits per heavy atom. The van der Waals surface area contributed by atoms with Crippen molar-refractivity contribution < 1.29 is 9.13 Å². The van der Waals surface area contributed by atoms with Gasteiger partial charge >= 0.3 is 0 Å². The van der Waals surface area contributed by atoms with Gasteiger partial charge in [0.05, 0.1) is 6.61 Å². The van der Waals surface area contributed by atoms with Crippen LogP contribution in [0.2, 0.25) is 0 Å². The first-order valence-electron chi connectivity index (χ1n) is 6.90. The maximum atomic E-state index is 13.2. The molecule has 2 nitrogen and oxygen atoms in total. The van der Waals surface area contributed by atoms with Gasteiger partial charge in [-0.05, 0) is 48.2 Å². The number of hydrogen-bond acceptors (Lipinski definition) is 2. The zero-order valence-corrected chi connectivity index (χ0v) is 11.5. The summed E-state index contributed by atoms with van der Waals surface area (Å²) >= 11 is 0. The van der Waals surface area contributed by atoms with Crippen molar-refractivity contribution in [3.8, 4) is 5.75 Å². The van der Waals surface area contributed by atoms with Gasteiger partial charge in [0.15, 0.2) is 0 Å². The fraction of sp³-hybridized carbons (Fsp3) is 0.294. The Balaban J connectivity index is 1.97. The van der Waals surface area contributed by atoms with E-state index in [0.29, 0.717) is 6.61 Å². The van der Waals surface area contributed by atoms with Gasteiger partial charge < -0.3 is 10.5 Å². The van der Waals surface area contributed by atoms with Crippen LogP contribution < -0.4 is 10.5 Å². The van der Waals surface area contributed by atoms with Crippen LogP contribution in [0.25, 0.3) is 0 Å². The maximum Gasteiger partial charge on any atom is 0.123 e. The van der Waals surface area contributed by atoms with Gasteiger partial charge in [-0.3, -0.25) is 0 Å². The quantitative estimate of drug-likeness (QED) is 0.904. The van der Waals surface area contributed by atoms with Crippen LogP contribution in [0.3, 0.4) is 0 Å². The van der Waals surface area contributed by atoms with E-state index in [9.17, 15) is 4.39 Å². The molecule has 0 spiro atoms. The number of hydrogen-bond donors (Lipinski definition) is 1. The summed E-state index contributed by atoms with van der Waals surface area (Å²) in [7, 11) is 0. The molecule has 2 aromatic carbocycles. The Morgan fingerprint density at radius 2 is 2.05 bits per heavy atom. The molecule has 1 aliphatic heterocycles. The van der Waals surface area contributed by atoms with Crippen LogP contribution in [-0.4, -0.2) is 6.61 Å². The normalized spacial score (nSPS) is 19.1. The standard InChI is InChI=1S/C17H18FNO/c1-11-10-12(18)6-7-13(11)17(19)15-8-9-20-16-5-3-2-4-14(15)16/h2-7,10,15,17H,8-9,19H2,1H3. The lowest BCUT2D eigenvalue weighted by Gasteiger charge is -2.31. The number of halogens is 1. The Bertz CT molecular complexity index is 626. The highest BCUT2D eigenvalue weighted by Gasteiger charge is 2.28. The maximum absolute atomic E-state index is 13.2. The molecule has 1 heterocycles. The third kappa shape index (κ3) is 2.29. The van der Waals surface area contributed by atoms with Gasteiger partial charge in [-0.25, -0.2) is 4.39 Å². The first kappa shape index (κ1) is 13.1. The Morgan fingerprint density at radius 1 is 1.25 bits per heavy atom. The van der Waals surface area contributed by atoms with Gasteiger partial charge in [0, 0.05) is 12.0 Å². The summed E-state index contributed by atoms with van der Waals surface area (Å²) in [6.07, 6.45) is 0.884. The number of nitrogens with two attached hydrogens (primary N) is 1. The Kier molecular flexibility index (Phi) is 3.45. The molecule has 2 N–H and O–H groups in total. The molecule has 2 aromatic rings. The van der Waals surface area contributed by atoms with Crippen LogP contribution in [-0.2, 0) is 0 Å². The van der Waals surface area contributed by atoms with E-state index in [1.165, 1.54) is 6.07 Å². The minimum absolute atomic E-state index is 0.138. The van der Waals surface area contributed by atoms with E-state index < -0.39 is 0 Å². The lowest BCUT2D eigenvalue weighted by molar-refractivity contribution is 0.255. The molecule has 1 aliphatic rings. The van der Waals surface area contributed by atoms with Crippen molar-refractivity contribution in [2.75, 3.05) is 6.61 Å². The van der Waals surface area contributed by atoms with E-state index in [0.717, 1.165) is 28.9 Å². The van der Waals surface area contributed by atoms with Gasteiger partial charge in [-0.15, -0.1) is 0 Å². The van der Waals surface area contributed by atoms with Gasteiger partial charge in [-0.2, -0.15) is 0 Å². The summed E-state index contributed by atoms with van der Waals surface area (Å²) in [5, 5.41) is 0. The smallest absolute Gasteiger partial charge is 0.123 e. The first-order valence-corrected chi connectivity index (χ1v) is 6.90. The fourth-order valence-electron chi connectivity index (χ4n) is 2.97. The summed E-state index contributed by atoms with van der Waals surface area (Å²) in [6, 6.07) is 12.7. The van der Waals surface area contributed by atoms with E-state index in [1.54, 1.807) is 12.1 Å². The topological polar surface area (TPSA) is 35.2 Å². The van der Waals surface area contributed by atoms with Crippen molar-refractivity contribution in [1.29, 1.82) is 0 Å². The van der Waals surface area contributed by atoms with Crippen LogP contribution in [0.15, 0.2) is 42.5 Å². The summed E-state index contributed by atoms with van der Waals surface area (Å²) in [4.78, 5) is 0. The highest BCUT2D eigenvalue weighted by atomic mass is 19.1. The van der Waals surface area contributed by atoms with Crippen LogP contribution in [0.5, 0.6) is 5.75 Å². The molecule has 3 rings (SSSR count). The zero-order chi connectivity index (χ0) is 14.1. The average molecular weight is 271 g/mol. The molecule has 2 unspecified atom stereocenters. The predicted octanol–water partition coefficient (Wildman–Crippen LogP) is 3.70. The van der Waals surface area contributed by atoms with Crippen molar-refractivity contribution in [1.82, 2.24) is 0 Å². The average Bonchev–Trinajstić information content (AvgIpc) is 2.46. The number of benzene rings is 2. The molecule has 0 aromatic heterocycles. The molecule has 2 atom stereocenters. The highest BCUT2D eigenvalue weighted by Crippen LogP contribution is 2.40. The number of rotatable bonds is 2. The molecular weight excluding hydrogens is 253 g/mol. The Labute approximate surface area is 118 Å². The van der Waals surface area contributed by atoms with E-state index in [4.69, 9.17) is 10.5 Å². The molecule has 0 saturated carbocycles. The second-order valence-corrected chi connectivity index (χ2v) is 5.31. The fourth-order valence-corrected chi connectivity index (χ4v) is 2.97. The number of aryl methyl sites for hydroxylation is 1. The third-order valence-electron chi connectivity index (χ3n) is 4.03. The molecular formula is C17H18FNO. The third-order valence-corrected chi connectivity index (χ3v) is 4.03. The molecule has 0 aliphatic carbocycles.